The predicted molar refractivity (Wildman–Crippen MR) is 87.5 cm³/mol. The number of halogens is 8. The molecule has 0 N–H and O–H groups in total. The molecule has 0 fully saturated rings. The van der Waals surface area contributed by atoms with Gasteiger partial charge in [0.15, 0.2) is 6.61 Å². The van der Waals surface area contributed by atoms with E-state index >= 15 is 0 Å². The highest BCUT2D eigenvalue weighted by molar-refractivity contribution is 5.77. The van der Waals surface area contributed by atoms with Crippen molar-refractivity contribution in [1.82, 2.24) is 0 Å². The number of benzene rings is 1. The van der Waals surface area contributed by atoms with Gasteiger partial charge in [-0.15, -0.1) is 0 Å². The van der Waals surface area contributed by atoms with Gasteiger partial charge in [-0.3, -0.25) is 9.59 Å². The van der Waals surface area contributed by atoms with Crippen molar-refractivity contribution < 1.29 is 54.2 Å². The molecule has 0 atom stereocenters. The molecule has 0 bridgehead atoms. The lowest BCUT2D eigenvalue weighted by Crippen LogP contribution is -2.59. The summed E-state index contributed by atoms with van der Waals surface area (Å²) < 4.78 is 110. The molecule has 0 saturated heterocycles. The van der Waals surface area contributed by atoms with Crippen LogP contribution in [0.25, 0.3) is 6.08 Å². The Balaban J connectivity index is 2.41. The van der Waals surface area contributed by atoms with Crippen molar-refractivity contribution in [3.05, 3.63) is 42.0 Å². The highest BCUT2D eigenvalue weighted by atomic mass is 19.4. The van der Waals surface area contributed by atoms with Crippen LogP contribution in [0, 0.1) is 0 Å². The Labute approximate surface area is 165 Å². The number of hydrogen-bond donors (Lipinski definition) is 0. The summed E-state index contributed by atoms with van der Waals surface area (Å²) in [4.78, 5) is 22.7. The smallest absolute Gasteiger partial charge is 0.381 e. The van der Waals surface area contributed by atoms with Gasteiger partial charge >= 0.3 is 36.1 Å². The van der Waals surface area contributed by atoms with Gasteiger partial charge in [0.05, 0.1) is 12.8 Å². The Morgan fingerprint density at radius 2 is 1.43 bits per heavy atom. The number of carbonyl (C=O) groups is 2. The highest BCUT2D eigenvalue weighted by Gasteiger charge is 2.75. The number of rotatable bonds is 11. The largest absolute Gasteiger partial charge is 0.461 e. The third kappa shape index (κ3) is 6.70. The normalized spacial score (nSPS) is 13.0. The maximum atomic E-state index is 13.2. The van der Waals surface area contributed by atoms with E-state index in [1.54, 1.807) is 36.4 Å². The molecule has 0 heterocycles. The van der Waals surface area contributed by atoms with Crippen LogP contribution in [0.5, 0.6) is 0 Å². The molecule has 0 radical (unpaired) electrons. The summed E-state index contributed by atoms with van der Waals surface area (Å²) in [6.07, 6.45) is -3.53. The first-order valence-electron chi connectivity index (χ1n) is 8.25. The van der Waals surface area contributed by atoms with Crippen LogP contribution in [0.4, 0.5) is 35.1 Å². The summed E-state index contributed by atoms with van der Waals surface area (Å²) in [5, 5.41) is 0. The van der Waals surface area contributed by atoms with Crippen LogP contribution in [0.15, 0.2) is 36.4 Å². The molecule has 1 aromatic carbocycles. The van der Waals surface area contributed by atoms with Gasteiger partial charge in [-0.2, -0.15) is 26.3 Å². The van der Waals surface area contributed by atoms with E-state index in [9.17, 15) is 44.7 Å². The number of hydrogen-bond acceptors (Lipinski definition) is 4. The Morgan fingerprint density at radius 1 is 0.900 bits per heavy atom. The van der Waals surface area contributed by atoms with Crippen molar-refractivity contribution in [2.45, 2.75) is 37.0 Å². The minimum absolute atomic E-state index is 0.185. The Morgan fingerprint density at radius 3 is 1.97 bits per heavy atom. The van der Waals surface area contributed by atoms with E-state index < -0.39 is 55.6 Å². The van der Waals surface area contributed by atoms with Crippen molar-refractivity contribution in [3.63, 3.8) is 0 Å². The van der Waals surface area contributed by atoms with Crippen LogP contribution < -0.4 is 0 Å². The molecule has 0 aliphatic rings. The van der Waals surface area contributed by atoms with Crippen LogP contribution in [0.1, 0.15) is 18.4 Å². The van der Waals surface area contributed by atoms with Gasteiger partial charge in [0.25, 0.3) is 0 Å². The van der Waals surface area contributed by atoms with Gasteiger partial charge in [-0.05, 0) is 11.6 Å². The van der Waals surface area contributed by atoms with E-state index in [0.29, 0.717) is 0 Å². The summed E-state index contributed by atoms with van der Waals surface area (Å²) in [7, 11) is 0. The third-order valence-electron chi connectivity index (χ3n) is 3.55. The molecule has 0 aromatic heterocycles. The van der Waals surface area contributed by atoms with Gasteiger partial charge in [0.1, 0.15) is 6.61 Å². The first kappa shape index (κ1) is 25.4. The summed E-state index contributed by atoms with van der Waals surface area (Å²) in [6, 6.07) is 8.87. The fourth-order valence-electron chi connectivity index (χ4n) is 1.88. The average molecular weight is 448 g/mol. The van der Waals surface area contributed by atoms with Crippen molar-refractivity contribution >= 4 is 18.0 Å². The minimum Gasteiger partial charge on any atom is -0.461 e. The molecule has 4 nitrogen and oxygen atoms in total. The molecule has 1 rings (SSSR count). The summed E-state index contributed by atoms with van der Waals surface area (Å²) in [5.74, 6) is -21.2. The van der Waals surface area contributed by atoms with Crippen LogP contribution >= 0.6 is 0 Å². The second-order valence-corrected chi connectivity index (χ2v) is 5.86. The lowest BCUT2D eigenvalue weighted by molar-refractivity contribution is -0.344. The van der Waals surface area contributed by atoms with Crippen LogP contribution in [0.3, 0.4) is 0 Å². The zero-order chi connectivity index (χ0) is 23.0. The standard InChI is InChI=1S/C18H16F8O4/c19-15(20)17(23,24)18(25,26)16(21,22)11-30-14(28)9-8-13(27)29-10-4-7-12-5-2-1-3-6-12/h1-7,15H,8-11H2/b7-4+. The first-order chi connectivity index (χ1) is 13.8. The van der Waals surface area contributed by atoms with Gasteiger partial charge in [0.2, 0.25) is 0 Å². The lowest BCUT2D eigenvalue weighted by atomic mass is 10.1. The maximum absolute atomic E-state index is 13.2. The second-order valence-electron chi connectivity index (χ2n) is 5.86. The summed E-state index contributed by atoms with van der Waals surface area (Å²) in [6.45, 7) is -2.76. The van der Waals surface area contributed by atoms with Gasteiger partial charge in [-0.25, -0.2) is 8.78 Å². The molecular weight excluding hydrogens is 432 g/mol. The predicted octanol–water partition coefficient (Wildman–Crippen LogP) is 4.74. The average Bonchev–Trinajstić information content (AvgIpc) is 2.68. The molecular formula is C18H16F8O4. The molecule has 0 amide bonds. The van der Waals surface area contributed by atoms with Gasteiger partial charge in [-0.1, -0.05) is 36.4 Å². The topological polar surface area (TPSA) is 52.6 Å². The van der Waals surface area contributed by atoms with Crippen LogP contribution in [-0.4, -0.2) is 49.3 Å². The fraction of sp³-hybridized carbons (Fsp3) is 0.444. The molecule has 168 valence electrons. The molecule has 1 aromatic rings. The van der Waals surface area contributed by atoms with E-state index in [1.165, 1.54) is 6.08 Å². The quantitative estimate of drug-likeness (QED) is 0.363. The molecule has 30 heavy (non-hydrogen) atoms. The van der Waals surface area contributed by atoms with E-state index in [2.05, 4.69) is 4.74 Å². The third-order valence-corrected chi connectivity index (χ3v) is 3.55. The van der Waals surface area contributed by atoms with Crippen LogP contribution in [-0.2, 0) is 19.1 Å². The highest BCUT2D eigenvalue weighted by Crippen LogP contribution is 2.48. The first-order valence-corrected chi connectivity index (χ1v) is 8.25. The van der Waals surface area contributed by atoms with Crippen molar-refractivity contribution in [1.29, 1.82) is 0 Å². The van der Waals surface area contributed by atoms with Gasteiger partial charge in [0, 0.05) is 0 Å². The van der Waals surface area contributed by atoms with Crippen molar-refractivity contribution in [2.75, 3.05) is 13.2 Å². The number of carbonyl (C=O) groups excluding carboxylic acids is 2. The fourth-order valence-corrected chi connectivity index (χ4v) is 1.88. The molecule has 0 aliphatic heterocycles. The van der Waals surface area contributed by atoms with E-state index in [1.807, 2.05) is 0 Å². The summed E-state index contributed by atoms with van der Waals surface area (Å²) >= 11 is 0. The Kier molecular flexibility index (Phi) is 8.79. The van der Waals surface area contributed by atoms with Crippen LogP contribution in [0.2, 0.25) is 0 Å². The zero-order valence-corrected chi connectivity index (χ0v) is 15.1. The van der Waals surface area contributed by atoms with E-state index in [-0.39, 0.29) is 6.61 Å². The molecule has 0 aliphatic carbocycles. The second kappa shape index (κ2) is 10.4. The summed E-state index contributed by atoms with van der Waals surface area (Å²) in [5.41, 5.74) is 0.812. The van der Waals surface area contributed by atoms with E-state index in [4.69, 9.17) is 4.74 Å². The van der Waals surface area contributed by atoms with Crippen molar-refractivity contribution in [3.8, 4) is 0 Å². The monoisotopic (exact) mass is 448 g/mol. The Hall–Kier alpha value is -2.66. The van der Waals surface area contributed by atoms with E-state index in [0.717, 1.165) is 5.56 Å². The number of alkyl halides is 8. The lowest BCUT2D eigenvalue weighted by Gasteiger charge is -2.31. The SMILES string of the molecule is O=C(CCC(=O)OCC(F)(F)C(F)(F)C(F)(F)C(F)F)OC/C=C/c1ccccc1. The van der Waals surface area contributed by atoms with Crippen molar-refractivity contribution in [2.24, 2.45) is 0 Å². The maximum Gasteiger partial charge on any atom is 0.381 e. The molecule has 0 saturated carbocycles. The molecule has 0 spiro atoms. The zero-order valence-electron chi connectivity index (χ0n) is 15.1. The van der Waals surface area contributed by atoms with Gasteiger partial charge < -0.3 is 9.47 Å². The number of ether oxygens (including phenoxy) is 2. The number of esters is 2. The molecule has 0 unspecified atom stereocenters. The molecule has 12 heteroatoms. The minimum atomic E-state index is -6.47. The Bertz CT molecular complexity index is 735.